The quantitative estimate of drug-likeness (QED) is 0.583. The summed E-state index contributed by atoms with van der Waals surface area (Å²) >= 11 is 5.15. The SMILES string of the molecule is BrCCCCCCNCc1cncs1. The molecule has 1 aromatic rings. The summed E-state index contributed by atoms with van der Waals surface area (Å²) in [7, 11) is 0. The van der Waals surface area contributed by atoms with E-state index in [-0.39, 0.29) is 0 Å². The Balaban J connectivity index is 1.85. The van der Waals surface area contributed by atoms with Crippen LogP contribution >= 0.6 is 27.3 Å². The van der Waals surface area contributed by atoms with E-state index in [4.69, 9.17) is 0 Å². The van der Waals surface area contributed by atoms with Gasteiger partial charge in [-0.25, -0.2) is 0 Å². The van der Waals surface area contributed by atoms with Gasteiger partial charge in [0.2, 0.25) is 0 Å². The molecule has 0 aromatic carbocycles. The van der Waals surface area contributed by atoms with Crippen molar-refractivity contribution in [3.63, 3.8) is 0 Å². The first-order chi connectivity index (χ1) is 6.93. The van der Waals surface area contributed by atoms with Crippen LogP contribution in [-0.2, 0) is 6.54 Å². The molecule has 0 spiro atoms. The minimum absolute atomic E-state index is 0.975. The van der Waals surface area contributed by atoms with E-state index in [0.29, 0.717) is 0 Å². The predicted octanol–water partition coefficient (Wildman–Crippen LogP) is 3.19. The highest BCUT2D eigenvalue weighted by Gasteiger charge is 1.93. The third-order valence-electron chi connectivity index (χ3n) is 2.02. The average Bonchev–Trinajstić information content (AvgIpc) is 2.69. The average molecular weight is 277 g/mol. The van der Waals surface area contributed by atoms with Gasteiger partial charge >= 0.3 is 0 Å². The molecule has 1 N–H and O–H groups in total. The summed E-state index contributed by atoms with van der Waals surface area (Å²) in [5.41, 5.74) is 1.88. The summed E-state index contributed by atoms with van der Waals surface area (Å²) < 4.78 is 0. The monoisotopic (exact) mass is 276 g/mol. The molecule has 1 rings (SSSR count). The minimum Gasteiger partial charge on any atom is -0.312 e. The molecule has 0 saturated heterocycles. The Morgan fingerprint density at radius 1 is 1.29 bits per heavy atom. The topological polar surface area (TPSA) is 24.9 Å². The van der Waals surface area contributed by atoms with Crippen LogP contribution in [-0.4, -0.2) is 16.9 Å². The van der Waals surface area contributed by atoms with Crippen molar-refractivity contribution in [2.24, 2.45) is 0 Å². The fourth-order valence-corrected chi connectivity index (χ4v) is 2.20. The molecule has 4 heteroatoms. The molecule has 1 aromatic heterocycles. The fraction of sp³-hybridized carbons (Fsp3) is 0.700. The Hall–Kier alpha value is 0.0700. The smallest absolute Gasteiger partial charge is 0.0794 e. The normalized spacial score (nSPS) is 10.6. The molecule has 2 nitrogen and oxygen atoms in total. The number of aromatic nitrogens is 1. The molecule has 0 atom stereocenters. The van der Waals surface area contributed by atoms with E-state index < -0.39 is 0 Å². The summed E-state index contributed by atoms with van der Waals surface area (Å²) in [5, 5.41) is 4.56. The predicted molar refractivity (Wildman–Crippen MR) is 66.1 cm³/mol. The van der Waals surface area contributed by atoms with Crippen LogP contribution in [0.2, 0.25) is 0 Å². The van der Waals surface area contributed by atoms with E-state index in [1.807, 2.05) is 11.7 Å². The van der Waals surface area contributed by atoms with Crippen LogP contribution in [0.4, 0.5) is 0 Å². The lowest BCUT2D eigenvalue weighted by Gasteiger charge is -2.01. The van der Waals surface area contributed by atoms with Crippen molar-refractivity contribution in [3.8, 4) is 0 Å². The maximum Gasteiger partial charge on any atom is 0.0794 e. The van der Waals surface area contributed by atoms with Crippen molar-refractivity contribution in [2.75, 3.05) is 11.9 Å². The second kappa shape index (κ2) is 8.38. The van der Waals surface area contributed by atoms with E-state index in [0.717, 1.165) is 18.4 Å². The molecule has 0 aliphatic carbocycles. The van der Waals surface area contributed by atoms with E-state index in [9.17, 15) is 0 Å². The number of hydrogen-bond donors (Lipinski definition) is 1. The molecule has 0 saturated carbocycles. The van der Waals surface area contributed by atoms with Gasteiger partial charge in [0, 0.05) is 22.9 Å². The Bertz CT molecular complexity index is 214. The number of hydrogen-bond acceptors (Lipinski definition) is 3. The lowest BCUT2D eigenvalue weighted by Crippen LogP contribution is -2.13. The summed E-state index contributed by atoms with van der Waals surface area (Å²) in [4.78, 5) is 5.36. The first kappa shape index (κ1) is 12.1. The minimum atomic E-state index is 0.975. The molecular formula is C10H17BrN2S. The zero-order valence-corrected chi connectivity index (χ0v) is 10.7. The van der Waals surface area contributed by atoms with E-state index >= 15 is 0 Å². The van der Waals surface area contributed by atoms with Gasteiger partial charge in [-0.1, -0.05) is 28.8 Å². The molecule has 0 amide bonds. The number of nitrogens with one attached hydrogen (secondary N) is 1. The van der Waals surface area contributed by atoms with Gasteiger partial charge in [0.1, 0.15) is 0 Å². The Morgan fingerprint density at radius 2 is 2.14 bits per heavy atom. The molecular weight excluding hydrogens is 260 g/mol. The van der Waals surface area contributed by atoms with Crippen molar-refractivity contribution in [1.29, 1.82) is 0 Å². The molecule has 0 unspecified atom stereocenters. The first-order valence-electron chi connectivity index (χ1n) is 5.07. The highest BCUT2D eigenvalue weighted by Crippen LogP contribution is 2.05. The summed E-state index contributed by atoms with van der Waals surface area (Å²) in [6.45, 7) is 2.10. The molecule has 1 heterocycles. The zero-order chi connectivity index (χ0) is 10.1. The third-order valence-corrected chi connectivity index (χ3v) is 3.36. The van der Waals surface area contributed by atoms with Crippen molar-refractivity contribution in [2.45, 2.75) is 32.2 Å². The van der Waals surface area contributed by atoms with Crippen molar-refractivity contribution >= 4 is 27.3 Å². The van der Waals surface area contributed by atoms with Crippen LogP contribution in [0.3, 0.4) is 0 Å². The van der Waals surface area contributed by atoms with Gasteiger partial charge in [-0.15, -0.1) is 11.3 Å². The maximum absolute atomic E-state index is 4.03. The van der Waals surface area contributed by atoms with Gasteiger partial charge in [-0.3, -0.25) is 4.98 Å². The van der Waals surface area contributed by atoms with E-state index in [1.54, 1.807) is 11.3 Å². The molecule has 0 aliphatic rings. The number of unbranched alkanes of at least 4 members (excludes halogenated alkanes) is 3. The molecule has 0 fully saturated rings. The Kier molecular flexibility index (Phi) is 7.27. The molecule has 0 radical (unpaired) electrons. The van der Waals surface area contributed by atoms with Crippen molar-refractivity contribution < 1.29 is 0 Å². The third kappa shape index (κ3) is 5.73. The van der Waals surface area contributed by atoms with Crippen LogP contribution < -0.4 is 5.32 Å². The summed E-state index contributed by atoms with van der Waals surface area (Å²) in [5.74, 6) is 0. The summed E-state index contributed by atoms with van der Waals surface area (Å²) in [6, 6.07) is 0. The van der Waals surface area contributed by atoms with Gasteiger partial charge in [0.05, 0.1) is 5.51 Å². The van der Waals surface area contributed by atoms with E-state index in [1.165, 1.54) is 30.6 Å². The second-order valence-corrected chi connectivity index (χ2v) is 5.01. The van der Waals surface area contributed by atoms with Gasteiger partial charge in [0.15, 0.2) is 0 Å². The molecule has 14 heavy (non-hydrogen) atoms. The number of nitrogens with zero attached hydrogens (tertiary/aromatic N) is 1. The number of alkyl halides is 1. The summed E-state index contributed by atoms with van der Waals surface area (Å²) in [6.07, 6.45) is 7.19. The first-order valence-corrected chi connectivity index (χ1v) is 7.07. The van der Waals surface area contributed by atoms with Gasteiger partial charge in [-0.2, -0.15) is 0 Å². The maximum atomic E-state index is 4.03. The highest BCUT2D eigenvalue weighted by atomic mass is 79.9. The van der Waals surface area contributed by atoms with E-state index in [2.05, 4.69) is 26.2 Å². The van der Waals surface area contributed by atoms with Crippen LogP contribution in [0.15, 0.2) is 11.7 Å². The molecule has 0 aliphatic heterocycles. The van der Waals surface area contributed by atoms with Crippen LogP contribution in [0, 0.1) is 0 Å². The number of rotatable bonds is 8. The Labute approximate surface area is 98.3 Å². The lowest BCUT2D eigenvalue weighted by molar-refractivity contribution is 0.602. The molecule has 0 bridgehead atoms. The number of thiazole rings is 1. The Morgan fingerprint density at radius 3 is 2.86 bits per heavy atom. The van der Waals surface area contributed by atoms with Gasteiger partial charge in [-0.05, 0) is 19.4 Å². The molecule has 80 valence electrons. The van der Waals surface area contributed by atoms with Crippen molar-refractivity contribution in [3.05, 3.63) is 16.6 Å². The van der Waals surface area contributed by atoms with Crippen LogP contribution in [0.1, 0.15) is 30.6 Å². The van der Waals surface area contributed by atoms with Crippen molar-refractivity contribution in [1.82, 2.24) is 10.3 Å². The largest absolute Gasteiger partial charge is 0.312 e. The van der Waals surface area contributed by atoms with Crippen LogP contribution in [0.5, 0.6) is 0 Å². The zero-order valence-electron chi connectivity index (χ0n) is 8.34. The lowest BCUT2D eigenvalue weighted by atomic mass is 10.2. The standard InChI is InChI=1S/C10H17BrN2S/c11-5-3-1-2-4-6-12-7-10-8-13-9-14-10/h8-9,12H,1-7H2. The highest BCUT2D eigenvalue weighted by molar-refractivity contribution is 9.09. The van der Waals surface area contributed by atoms with Crippen LogP contribution in [0.25, 0.3) is 0 Å². The fourth-order valence-electron chi connectivity index (χ4n) is 1.24. The second-order valence-electron chi connectivity index (χ2n) is 3.25. The number of halogens is 1. The van der Waals surface area contributed by atoms with Gasteiger partial charge < -0.3 is 5.32 Å². The van der Waals surface area contributed by atoms with Gasteiger partial charge in [0.25, 0.3) is 0 Å².